The molecule has 0 radical (unpaired) electrons. The highest BCUT2D eigenvalue weighted by molar-refractivity contribution is 8.00. The van der Waals surface area contributed by atoms with Crippen molar-refractivity contribution in [2.45, 2.75) is 18.4 Å². The Morgan fingerprint density at radius 2 is 2.22 bits per heavy atom. The Kier molecular flexibility index (Phi) is 5.41. The zero-order valence-corrected chi connectivity index (χ0v) is 15.4. The van der Waals surface area contributed by atoms with Gasteiger partial charge >= 0.3 is 0 Å². The number of carbonyl (C=O) groups excluding carboxylic acids is 2. The molecule has 1 aromatic carbocycles. The van der Waals surface area contributed by atoms with Crippen LogP contribution in [0.15, 0.2) is 46.7 Å². The van der Waals surface area contributed by atoms with Crippen LogP contribution in [-0.2, 0) is 16.1 Å². The van der Waals surface area contributed by atoms with Crippen LogP contribution in [0.5, 0.6) is 0 Å². The first-order valence-electron chi connectivity index (χ1n) is 8.11. The van der Waals surface area contributed by atoms with Gasteiger partial charge in [0.05, 0.1) is 16.8 Å². The Balaban J connectivity index is 1.84. The molecule has 0 fully saturated rings. The van der Waals surface area contributed by atoms with Crippen LogP contribution in [0, 0.1) is 12.7 Å². The van der Waals surface area contributed by atoms with Gasteiger partial charge in [-0.15, -0.1) is 18.3 Å². The monoisotopic (exact) mass is 388 g/mol. The summed E-state index contributed by atoms with van der Waals surface area (Å²) in [6.45, 7) is 5.06. The molecule has 27 heavy (non-hydrogen) atoms. The summed E-state index contributed by atoms with van der Waals surface area (Å²) in [6, 6.07) is 4.32. The summed E-state index contributed by atoms with van der Waals surface area (Å²) in [6.07, 6.45) is 2.99. The van der Waals surface area contributed by atoms with Gasteiger partial charge in [-0.1, -0.05) is 12.1 Å². The van der Waals surface area contributed by atoms with Crippen molar-refractivity contribution in [3.05, 3.63) is 58.8 Å². The van der Waals surface area contributed by atoms with E-state index in [1.807, 2.05) is 0 Å². The molecular formula is C18H17FN4O3S. The molecule has 0 spiro atoms. The van der Waals surface area contributed by atoms with Crippen LogP contribution in [0.25, 0.3) is 0 Å². The van der Waals surface area contributed by atoms with E-state index in [2.05, 4.69) is 17.0 Å². The minimum absolute atomic E-state index is 0.195. The van der Waals surface area contributed by atoms with Crippen molar-refractivity contribution in [3.8, 4) is 0 Å². The van der Waals surface area contributed by atoms with E-state index < -0.39 is 17.3 Å². The summed E-state index contributed by atoms with van der Waals surface area (Å²) in [5.41, 5.74) is 0.402. The minimum Gasteiger partial charge on any atom is -0.324 e. The van der Waals surface area contributed by atoms with Crippen molar-refractivity contribution in [3.63, 3.8) is 0 Å². The summed E-state index contributed by atoms with van der Waals surface area (Å²) in [4.78, 5) is 39.0. The molecule has 0 aliphatic carbocycles. The standard InChI is InChI=1S/C18H17FN4O3S/c1-3-6-22-16(25)10-27-14-8-20-23(18(26)17(14)22)9-15(24)21-12-5-4-11(2)13(19)7-12/h3-5,7-8H,1,6,9-10H2,2H3,(H,21,24). The Morgan fingerprint density at radius 3 is 2.93 bits per heavy atom. The van der Waals surface area contributed by atoms with E-state index in [4.69, 9.17) is 0 Å². The van der Waals surface area contributed by atoms with Crippen LogP contribution >= 0.6 is 11.8 Å². The van der Waals surface area contributed by atoms with Gasteiger partial charge < -0.3 is 10.2 Å². The quantitative estimate of drug-likeness (QED) is 0.792. The third-order valence-electron chi connectivity index (χ3n) is 3.97. The SMILES string of the molecule is C=CCN1C(=O)CSc2cnn(CC(=O)Nc3ccc(C)c(F)c3)c(=O)c21. The summed E-state index contributed by atoms with van der Waals surface area (Å²) in [7, 11) is 0. The highest BCUT2D eigenvalue weighted by Gasteiger charge is 2.28. The molecule has 2 amide bonds. The molecule has 0 atom stereocenters. The third kappa shape index (κ3) is 3.92. The number of aromatic nitrogens is 2. The van der Waals surface area contributed by atoms with E-state index in [1.54, 1.807) is 19.1 Å². The molecule has 0 unspecified atom stereocenters. The number of carbonyl (C=O) groups is 2. The Morgan fingerprint density at radius 1 is 1.44 bits per heavy atom. The van der Waals surface area contributed by atoms with Crippen LogP contribution in [-0.4, -0.2) is 33.9 Å². The number of thioether (sulfide) groups is 1. The molecule has 2 aromatic rings. The fraction of sp³-hybridized carbons (Fsp3) is 0.222. The van der Waals surface area contributed by atoms with E-state index >= 15 is 0 Å². The van der Waals surface area contributed by atoms with Crippen LogP contribution in [0.4, 0.5) is 15.8 Å². The molecule has 1 aliphatic rings. The molecule has 7 nitrogen and oxygen atoms in total. The largest absolute Gasteiger partial charge is 0.324 e. The number of anilines is 2. The topological polar surface area (TPSA) is 84.3 Å². The van der Waals surface area contributed by atoms with Gasteiger partial charge in [0, 0.05) is 12.2 Å². The molecule has 0 bridgehead atoms. The minimum atomic E-state index is -0.542. The highest BCUT2D eigenvalue weighted by Crippen LogP contribution is 2.31. The predicted molar refractivity (Wildman–Crippen MR) is 102 cm³/mol. The second-order valence-corrected chi connectivity index (χ2v) is 6.93. The van der Waals surface area contributed by atoms with Gasteiger partial charge in [0.15, 0.2) is 0 Å². The predicted octanol–water partition coefficient (Wildman–Crippen LogP) is 1.95. The van der Waals surface area contributed by atoms with Crippen molar-refractivity contribution in [2.75, 3.05) is 22.5 Å². The molecule has 1 aromatic heterocycles. The van der Waals surface area contributed by atoms with Gasteiger partial charge in [-0.25, -0.2) is 9.07 Å². The average Bonchev–Trinajstić information content (AvgIpc) is 2.63. The molecular weight excluding hydrogens is 371 g/mol. The van der Waals surface area contributed by atoms with E-state index in [0.29, 0.717) is 10.5 Å². The molecule has 9 heteroatoms. The maximum atomic E-state index is 13.6. The van der Waals surface area contributed by atoms with Gasteiger partial charge in [0.1, 0.15) is 18.0 Å². The molecule has 0 saturated heterocycles. The number of amides is 2. The van der Waals surface area contributed by atoms with Gasteiger partial charge in [-0.05, 0) is 24.6 Å². The number of aryl methyl sites for hydroxylation is 1. The first-order valence-corrected chi connectivity index (χ1v) is 9.09. The third-order valence-corrected chi connectivity index (χ3v) is 4.97. The van der Waals surface area contributed by atoms with Crippen LogP contribution < -0.4 is 15.8 Å². The summed E-state index contributed by atoms with van der Waals surface area (Å²) in [5, 5.41) is 6.54. The number of nitrogens with one attached hydrogen (secondary N) is 1. The lowest BCUT2D eigenvalue weighted by molar-refractivity contribution is -0.117. The molecule has 1 N–H and O–H groups in total. The van der Waals surface area contributed by atoms with E-state index in [-0.39, 0.29) is 36.1 Å². The molecule has 1 aliphatic heterocycles. The van der Waals surface area contributed by atoms with Crippen molar-refractivity contribution in [1.29, 1.82) is 0 Å². The Hall–Kier alpha value is -2.94. The lowest BCUT2D eigenvalue weighted by Crippen LogP contribution is -2.42. The fourth-order valence-electron chi connectivity index (χ4n) is 2.60. The molecule has 3 rings (SSSR count). The smallest absolute Gasteiger partial charge is 0.292 e. The first-order chi connectivity index (χ1) is 12.9. The van der Waals surface area contributed by atoms with Crippen molar-refractivity contribution in [2.24, 2.45) is 0 Å². The normalized spacial score (nSPS) is 13.3. The fourth-order valence-corrected chi connectivity index (χ4v) is 3.49. The van der Waals surface area contributed by atoms with E-state index in [0.717, 1.165) is 4.68 Å². The number of hydrogen-bond acceptors (Lipinski definition) is 5. The van der Waals surface area contributed by atoms with Gasteiger partial charge in [0.25, 0.3) is 5.56 Å². The number of hydrogen-bond donors (Lipinski definition) is 1. The summed E-state index contributed by atoms with van der Waals surface area (Å²) < 4.78 is 14.6. The Labute approximate surface area is 158 Å². The van der Waals surface area contributed by atoms with Gasteiger partial charge in [-0.2, -0.15) is 5.10 Å². The maximum Gasteiger partial charge on any atom is 0.292 e. The zero-order chi connectivity index (χ0) is 19.6. The molecule has 140 valence electrons. The molecule has 2 heterocycles. The molecule has 0 saturated carbocycles. The maximum absolute atomic E-state index is 13.6. The van der Waals surface area contributed by atoms with E-state index in [1.165, 1.54) is 35.0 Å². The zero-order valence-electron chi connectivity index (χ0n) is 14.6. The highest BCUT2D eigenvalue weighted by atomic mass is 32.2. The Bertz CT molecular complexity index is 989. The van der Waals surface area contributed by atoms with Crippen molar-refractivity contribution >= 4 is 35.0 Å². The van der Waals surface area contributed by atoms with Gasteiger partial charge in [0.2, 0.25) is 11.8 Å². The lowest BCUT2D eigenvalue weighted by Gasteiger charge is -2.27. The van der Waals surface area contributed by atoms with Crippen LogP contribution in [0.1, 0.15) is 5.56 Å². The van der Waals surface area contributed by atoms with Gasteiger partial charge in [-0.3, -0.25) is 14.4 Å². The first kappa shape index (κ1) is 18.8. The second kappa shape index (κ2) is 7.75. The average molecular weight is 388 g/mol. The number of fused-ring (bicyclic) bond motifs is 1. The van der Waals surface area contributed by atoms with E-state index in [9.17, 15) is 18.8 Å². The van der Waals surface area contributed by atoms with Crippen LogP contribution in [0.3, 0.4) is 0 Å². The number of rotatable bonds is 5. The summed E-state index contributed by atoms with van der Waals surface area (Å²) >= 11 is 1.23. The number of halogens is 1. The lowest BCUT2D eigenvalue weighted by atomic mass is 10.2. The van der Waals surface area contributed by atoms with Crippen LogP contribution in [0.2, 0.25) is 0 Å². The second-order valence-electron chi connectivity index (χ2n) is 5.91. The van der Waals surface area contributed by atoms with Crippen molar-refractivity contribution < 1.29 is 14.0 Å². The summed E-state index contributed by atoms with van der Waals surface area (Å²) in [5.74, 6) is -0.960. The number of nitrogens with zero attached hydrogens (tertiary/aromatic N) is 3. The number of benzene rings is 1. The van der Waals surface area contributed by atoms with Crippen molar-refractivity contribution in [1.82, 2.24) is 9.78 Å².